The van der Waals surface area contributed by atoms with Crippen molar-refractivity contribution < 1.29 is 4.79 Å². The van der Waals surface area contributed by atoms with Gasteiger partial charge in [-0.15, -0.1) is 0 Å². The number of amides is 1. The van der Waals surface area contributed by atoms with Crippen molar-refractivity contribution in [3.05, 3.63) is 138 Å². The van der Waals surface area contributed by atoms with Crippen LogP contribution in [0.25, 0.3) is 10.8 Å². The molecular weight excluding hydrogens is 601 g/mol. The molecule has 8 heteroatoms. The van der Waals surface area contributed by atoms with Crippen LogP contribution in [0.1, 0.15) is 48.2 Å². The number of hydrogen-bond acceptors (Lipinski definition) is 4. The fourth-order valence-electron chi connectivity index (χ4n) is 5.76. The molecular formula is C39H42N6OS. The molecule has 47 heavy (non-hydrogen) atoms. The molecule has 0 spiro atoms. The van der Waals surface area contributed by atoms with Crippen molar-refractivity contribution in [2.24, 2.45) is 5.92 Å². The summed E-state index contributed by atoms with van der Waals surface area (Å²) in [4.78, 5) is 20.1. The van der Waals surface area contributed by atoms with Crippen molar-refractivity contribution in [3.63, 3.8) is 0 Å². The molecule has 1 amide bonds. The molecule has 0 radical (unpaired) electrons. The summed E-state index contributed by atoms with van der Waals surface area (Å²) in [6, 6.07) is 34.7. The quantitative estimate of drug-likeness (QED) is 0.132. The average molecular weight is 643 g/mol. The predicted octanol–water partition coefficient (Wildman–Crippen LogP) is 6.65. The Morgan fingerprint density at radius 3 is 2.49 bits per heavy atom. The highest BCUT2D eigenvalue weighted by Gasteiger charge is 2.24. The van der Waals surface area contributed by atoms with Crippen LogP contribution in [0.4, 0.5) is 0 Å². The van der Waals surface area contributed by atoms with Gasteiger partial charge in [-0.05, 0) is 64.2 Å². The fraction of sp³-hybridized carbons (Fsp3) is 0.282. The molecule has 0 unspecified atom stereocenters. The van der Waals surface area contributed by atoms with Gasteiger partial charge < -0.3 is 20.1 Å². The molecule has 0 saturated carbocycles. The molecule has 1 aromatic heterocycles. The van der Waals surface area contributed by atoms with Gasteiger partial charge in [0, 0.05) is 44.1 Å². The molecule has 0 aliphatic heterocycles. The summed E-state index contributed by atoms with van der Waals surface area (Å²) in [6.45, 7) is 6.83. The van der Waals surface area contributed by atoms with Crippen molar-refractivity contribution in [1.82, 2.24) is 25.1 Å². The van der Waals surface area contributed by atoms with Gasteiger partial charge in [-0.3, -0.25) is 4.79 Å². The number of fused-ring (bicyclic) bond motifs is 1. The van der Waals surface area contributed by atoms with Gasteiger partial charge in [0.15, 0.2) is 5.11 Å². The van der Waals surface area contributed by atoms with E-state index in [1.807, 2.05) is 22.8 Å². The molecule has 4 aromatic carbocycles. The SMILES string of the molecule is CC[C@H](C)[C@@H](CN(Cc1cccc2ccccc12)C(=S)NCCc1ccccc1)NC(=O)Cc1cncn1Cc1ccc(C#N)cc1. The van der Waals surface area contributed by atoms with Crippen LogP contribution in [0.5, 0.6) is 0 Å². The monoisotopic (exact) mass is 642 g/mol. The molecule has 5 rings (SSSR count). The number of carbonyl (C=O) groups is 1. The first-order valence-corrected chi connectivity index (χ1v) is 16.6. The number of carbonyl (C=O) groups excluding carboxylic acids is 1. The third-order valence-corrected chi connectivity index (χ3v) is 9.13. The third-order valence-electron chi connectivity index (χ3n) is 8.73. The van der Waals surface area contributed by atoms with Crippen LogP contribution in [0, 0.1) is 17.2 Å². The molecule has 2 atom stereocenters. The number of hydrogen-bond donors (Lipinski definition) is 2. The van der Waals surface area contributed by atoms with Crippen molar-refractivity contribution in [1.29, 1.82) is 5.26 Å². The average Bonchev–Trinajstić information content (AvgIpc) is 3.53. The minimum atomic E-state index is -0.119. The minimum Gasteiger partial charge on any atom is -0.362 e. The lowest BCUT2D eigenvalue weighted by Gasteiger charge is -2.33. The van der Waals surface area contributed by atoms with E-state index in [1.54, 1.807) is 24.7 Å². The molecule has 0 saturated heterocycles. The summed E-state index contributed by atoms with van der Waals surface area (Å²) in [5.41, 5.74) is 4.94. The summed E-state index contributed by atoms with van der Waals surface area (Å²) in [6.07, 6.45) is 5.49. The summed E-state index contributed by atoms with van der Waals surface area (Å²) in [7, 11) is 0. The van der Waals surface area contributed by atoms with E-state index in [9.17, 15) is 4.79 Å². The molecule has 0 fully saturated rings. The van der Waals surface area contributed by atoms with E-state index in [1.165, 1.54) is 21.9 Å². The van der Waals surface area contributed by atoms with Crippen molar-refractivity contribution in [3.8, 4) is 6.07 Å². The summed E-state index contributed by atoms with van der Waals surface area (Å²) in [5, 5.41) is 19.0. The van der Waals surface area contributed by atoms with Crippen LogP contribution in [0.2, 0.25) is 0 Å². The predicted molar refractivity (Wildman–Crippen MR) is 193 cm³/mol. The molecule has 2 N–H and O–H groups in total. The Kier molecular flexibility index (Phi) is 11.7. The van der Waals surface area contributed by atoms with Gasteiger partial charge in [-0.25, -0.2) is 4.98 Å². The Morgan fingerprint density at radius 2 is 1.72 bits per heavy atom. The first-order chi connectivity index (χ1) is 22.9. The summed E-state index contributed by atoms with van der Waals surface area (Å²) >= 11 is 6.03. The largest absolute Gasteiger partial charge is 0.362 e. The maximum Gasteiger partial charge on any atom is 0.226 e. The van der Waals surface area contributed by atoms with Crippen LogP contribution in [-0.2, 0) is 30.7 Å². The van der Waals surface area contributed by atoms with Crippen LogP contribution < -0.4 is 10.6 Å². The highest BCUT2D eigenvalue weighted by Crippen LogP contribution is 2.21. The van der Waals surface area contributed by atoms with Gasteiger partial charge in [0.1, 0.15) is 0 Å². The van der Waals surface area contributed by atoms with E-state index in [0.29, 0.717) is 30.3 Å². The van der Waals surface area contributed by atoms with Gasteiger partial charge in [-0.1, -0.05) is 105 Å². The van der Waals surface area contributed by atoms with Gasteiger partial charge >= 0.3 is 0 Å². The van der Waals surface area contributed by atoms with Crippen molar-refractivity contribution in [2.75, 3.05) is 13.1 Å². The normalized spacial score (nSPS) is 12.2. The van der Waals surface area contributed by atoms with E-state index >= 15 is 0 Å². The molecule has 0 aliphatic carbocycles. The van der Waals surface area contributed by atoms with E-state index < -0.39 is 0 Å². The number of nitrogens with one attached hydrogen (secondary N) is 2. The third kappa shape index (κ3) is 9.27. The van der Waals surface area contributed by atoms with E-state index in [-0.39, 0.29) is 24.3 Å². The second-order valence-electron chi connectivity index (χ2n) is 12.0. The topological polar surface area (TPSA) is 86.0 Å². The second kappa shape index (κ2) is 16.5. The van der Waals surface area contributed by atoms with E-state index in [2.05, 4.69) is 107 Å². The van der Waals surface area contributed by atoms with Gasteiger partial charge in [0.05, 0.1) is 24.4 Å². The fourth-order valence-corrected chi connectivity index (χ4v) is 6.00. The van der Waals surface area contributed by atoms with Crippen LogP contribution in [0.3, 0.4) is 0 Å². The van der Waals surface area contributed by atoms with Crippen LogP contribution >= 0.6 is 12.2 Å². The number of nitrogens with zero attached hydrogens (tertiary/aromatic N) is 4. The van der Waals surface area contributed by atoms with Gasteiger partial charge in [0.25, 0.3) is 0 Å². The molecule has 5 aromatic rings. The van der Waals surface area contributed by atoms with Gasteiger partial charge in [0.2, 0.25) is 5.91 Å². The Labute approximate surface area is 283 Å². The molecule has 240 valence electrons. The summed E-state index contributed by atoms with van der Waals surface area (Å²) in [5.74, 6) is 0.176. The Hall–Kier alpha value is -5.00. The van der Waals surface area contributed by atoms with Crippen molar-refractivity contribution >= 4 is 34.0 Å². The van der Waals surface area contributed by atoms with Crippen LogP contribution in [0.15, 0.2) is 110 Å². The van der Waals surface area contributed by atoms with E-state index in [0.717, 1.165) is 30.6 Å². The zero-order chi connectivity index (χ0) is 33.0. The molecule has 0 bridgehead atoms. The highest BCUT2D eigenvalue weighted by molar-refractivity contribution is 7.80. The Morgan fingerprint density at radius 1 is 0.979 bits per heavy atom. The number of aromatic nitrogens is 2. The standard InChI is InChI=1S/C39H42N6OS/c1-3-29(2)37(43-38(46)22-35-24-41-28-45(35)25-32-18-16-31(23-40)17-19-32)27-44(39(47)42-21-20-30-10-5-4-6-11-30)26-34-14-9-13-33-12-7-8-15-36(33)34/h4-19,24,28-29,37H,3,20-22,25-27H2,1-2H3,(H,42,47)(H,43,46)/t29-,37+/m0/s1. The molecule has 1 heterocycles. The maximum atomic E-state index is 13.6. The lowest BCUT2D eigenvalue weighted by molar-refractivity contribution is -0.121. The lowest BCUT2D eigenvalue weighted by atomic mass is 9.97. The molecule has 7 nitrogen and oxygen atoms in total. The van der Waals surface area contributed by atoms with Crippen LogP contribution in [-0.4, -0.2) is 44.6 Å². The number of thiocarbonyl (C=S) groups is 1. The second-order valence-corrected chi connectivity index (χ2v) is 12.4. The lowest BCUT2D eigenvalue weighted by Crippen LogP contribution is -2.51. The zero-order valence-corrected chi connectivity index (χ0v) is 27.9. The van der Waals surface area contributed by atoms with Gasteiger partial charge in [-0.2, -0.15) is 5.26 Å². The first kappa shape index (κ1) is 33.4. The number of rotatable bonds is 14. The maximum absolute atomic E-state index is 13.6. The smallest absolute Gasteiger partial charge is 0.226 e. The van der Waals surface area contributed by atoms with E-state index in [4.69, 9.17) is 17.5 Å². The highest BCUT2D eigenvalue weighted by atomic mass is 32.1. The number of benzene rings is 4. The Balaban J connectivity index is 1.30. The van der Waals surface area contributed by atoms with Crippen molar-refractivity contribution in [2.45, 2.75) is 52.2 Å². The first-order valence-electron chi connectivity index (χ1n) is 16.2. The summed E-state index contributed by atoms with van der Waals surface area (Å²) < 4.78 is 1.98. The number of imidazole rings is 1. The minimum absolute atomic E-state index is 0.0510. The Bertz CT molecular complexity index is 1810. The zero-order valence-electron chi connectivity index (χ0n) is 27.1. The number of nitriles is 1. The molecule has 0 aliphatic rings.